The molecule has 0 spiro atoms. The van der Waals surface area contributed by atoms with Crippen molar-refractivity contribution in [2.75, 3.05) is 0 Å². The summed E-state index contributed by atoms with van der Waals surface area (Å²) in [5, 5.41) is 5.12. The molecule has 0 bridgehead atoms. The molecule has 2 aromatic heterocycles. The van der Waals surface area contributed by atoms with Crippen molar-refractivity contribution in [1.82, 2.24) is 9.72 Å². The van der Waals surface area contributed by atoms with Gasteiger partial charge in [0.2, 0.25) is 11.4 Å². The number of rotatable bonds is 2. The zero-order valence-corrected chi connectivity index (χ0v) is 9.91. The first-order valence-electron chi connectivity index (χ1n) is 5.02. The topological polar surface area (TPSA) is 65.1 Å². The van der Waals surface area contributed by atoms with Crippen molar-refractivity contribution in [1.29, 1.82) is 0 Å². The molecular weight excluding hydrogens is 278 g/mol. The lowest BCUT2D eigenvalue weighted by molar-refractivity contribution is 0.111. The highest BCUT2D eigenvalue weighted by Crippen LogP contribution is 2.27. The van der Waals surface area contributed by atoms with Gasteiger partial charge >= 0.3 is 4.87 Å². The predicted molar refractivity (Wildman–Crippen MR) is 62.8 cm³/mol. The minimum Gasteiger partial charge on any atom is -0.351 e. The molecule has 2 heterocycles. The van der Waals surface area contributed by atoms with E-state index in [9.17, 15) is 18.4 Å². The van der Waals surface area contributed by atoms with Gasteiger partial charge in [0.25, 0.3) is 0 Å². The summed E-state index contributed by atoms with van der Waals surface area (Å²) in [5.41, 5.74) is -0.895. The summed E-state index contributed by atoms with van der Waals surface area (Å²) < 4.78 is 32.9. The van der Waals surface area contributed by atoms with E-state index in [1.807, 2.05) is 0 Å². The fourth-order valence-corrected chi connectivity index (χ4v) is 2.27. The number of aldehydes is 1. The van der Waals surface area contributed by atoms with Crippen LogP contribution in [0.1, 0.15) is 10.4 Å². The van der Waals surface area contributed by atoms with Crippen molar-refractivity contribution in [3.8, 4) is 5.82 Å². The van der Waals surface area contributed by atoms with Crippen molar-refractivity contribution in [2.45, 2.75) is 0 Å². The lowest BCUT2D eigenvalue weighted by Crippen LogP contribution is -2.09. The molecule has 0 N–H and O–H groups in total. The van der Waals surface area contributed by atoms with Gasteiger partial charge in [-0.1, -0.05) is 16.5 Å². The maximum Gasteiger partial charge on any atom is 0.312 e. The van der Waals surface area contributed by atoms with Crippen molar-refractivity contribution in [3.63, 3.8) is 0 Å². The Hall–Kier alpha value is -2.35. The predicted octanol–water partition coefficient (Wildman–Crippen LogP) is 2.13. The molecule has 0 saturated carbocycles. The maximum atomic E-state index is 13.6. The monoisotopic (exact) mass is 282 g/mol. The van der Waals surface area contributed by atoms with Crippen LogP contribution in [0.3, 0.4) is 0 Å². The molecule has 0 aliphatic heterocycles. The number of halogens is 2. The molecule has 0 saturated heterocycles. The Morgan fingerprint density at radius 3 is 2.79 bits per heavy atom. The zero-order chi connectivity index (χ0) is 13.6. The molecule has 0 unspecified atom stereocenters. The average molecular weight is 282 g/mol. The van der Waals surface area contributed by atoms with E-state index in [0.717, 1.165) is 22.0 Å². The maximum absolute atomic E-state index is 13.6. The van der Waals surface area contributed by atoms with Gasteiger partial charge in [0.05, 0.1) is 10.9 Å². The molecule has 3 rings (SSSR count). The van der Waals surface area contributed by atoms with Crippen LogP contribution in [-0.2, 0) is 0 Å². The van der Waals surface area contributed by atoms with Crippen molar-refractivity contribution < 1.29 is 18.1 Å². The number of hydrogen-bond donors (Lipinski definition) is 0. The smallest absolute Gasteiger partial charge is 0.312 e. The Bertz CT molecular complexity index is 849. The molecule has 3 aromatic rings. The second-order valence-corrected chi connectivity index (χ2v) is 4.49. The van der Waals surface area contributed by atoms with Crippen LogP contribution in [0.15, 0.2) is 27.0 Å². The number of nitrogens with zero attached hydrogens (tertiary/aromatic N) is 2. The first kappa shape index (κ1) is 11.7. The Morgan fingerprint density at radius 1 is 1.37 bits per heavy atom. The second-order valence-electron chi connectivity index (χ2n) is 3.63. The van der Waals surface area contributed by atoms with E-state index in [0.29, 0.717) is 0 Å². The van der Waals surface area contributed by atoms with E-state index in [2.05, 4.69) is 5.16 Å². The Morgan fingerprint density at radius 2 is 2.16 bits per heavy atom. The minimum absolute atomic E-state index is 0.0169. The SMILES string of the molecule is O=Cc1cc2c(-n3ccsc3=O)noc2c(F)c1F. The Kier molecular flexibility index (Phi) is 2.53. The average Bonchev–Trinajstić information content (AvgIpc) is 2.99. The van der Waals surface area contributed by atoms with E-state index in [-0.39, 0.29) is 22.4 Å². The summed E-state index contributed by atoms with van der Waals surface area (Å²) in [7, 11) is 0. The summed E-state index contributed by atoms with van der Waals surface area (Å²) in [6.07, 6.45) is 1.61. The van der Waals surface area contributed by atoms with Crippen LogP contribution in [0, 0.1) is 11.6 Å². The summed E-state index contributed by atoms with van der Waals surface area (Å²) in [5.74, 6) is -2.59. The van der Waals surface area contributed by atoms with Crippen LogP contribution in [0.5, 0.6) is 0 Å². The lowest BCUT2D eigenvalue weighted by atomic mass is 10.1. The molecule has 96 valence electrons. The molecule has 0 amide bonds. The third kappa shape index (κ3) is 1.60. The molecule has 0 radical (unpaired) electrons. The van der Waals surface area contributed by atoms with Gasteiger partial charge in [0.1, 0.15) is 0 Å². The summed E-state index contributed by atoms with van der Waals surface area (Å²) in [6.45, 7) is 0. The minimum atomic E-state index is -1.30. The molecule has 0 atom stereocenters. The third-order valence-corrected chi connectivity index (χ3v) is 3.24. The highest BCUT2D eigenvalue weighted by Gasteiger charge is 2.21. The van der Waals surface area contributed by atoms with Crippen LogP contribution in [0.4, 0.5) is 8.78 Å². The number of thiazole rings is 1. The number of carbonyl (C=O) groups is 1. The highest BCUT2D eigenvalue weighted by atomic mass is 32.1. The Balaban J connectivity index is 2.41. The number of benzene rings is 1. The quantitative estimate of drug-likeness (QED) is 0.675. The molecule has 5 nitrogen and oxygen atoms in total. The van der Waals surface area contributed by atoms with Gasteiger partial charge in [-0.05, 0) is 6.07 Å². The largest absolute Gasteiger partial charge is 0.351 e. The van der Waals surface area contributed by atoms with Gasteiger partial charge < -0.3 is 4.52 Å². The fraction of sp³-hybridized carbons (Fsp3) is 0. The molecule has 0 fully saturated rings. The number of aromatic nitrogens is 2. The van der Waals surface area contributed by atoms with E-state index >= 15 is 0 Å². The van der Waals surface area contributed by atoms with Crippen molar-refractivity contribution >= 4 is 28.6 Å². The first-order chi connectivity index (χ1) is 9.13. The third-order valence-electron chi connectivity index (χ3n) is 2.58. The second kappa shape index (κ2) is 4.09. The number of fused-ring (bicyclic) bond motifs is 1. The van der Waals surface area contributed by atoms with Crippen LogP contribution < -0.4 is 4.87 Å². The van der Waals surface area contributed by atoms with E-state index in [1.165, 1.54) is 11.6 Å². The van der Waals surface area contributed by atoms with Crippen LogP contribution in [-0.4, -0.2) is 16.0 Å². The van der Waals surface area contributed by atoms with E-state index in [1.54, 1.807) is 0 Å². The standard InChI is InChI=1S/C11H4F2N2O3S/c12-7-5(4-16)3-6-9(8(7)13)18-14-10(6)15-1-2-19-11(15)17/h1-4H. The van der Waals surface area contributed by atoms with Gasteiger partial charge in [-0.25, -0.2) is 4.39 Å². The van der Waals surface area contributed by atoms with Gasteiger partial charge in [0, 0.05) is 11.6 Å². The Labute approximate surface area is 107 Å². The van der Waals surface area contributed by atoms with Crippen molar-refractivity contribution in [3.05, 3.63) is 44.5 Å². The van der Waals surface area contributed by atoms with Gasteiger partial charge in [-0.2, -0.15) is 4.39 Å². The fourth-order valence-electron chi connectivity index (χ4n) is 1.71. The number of hydrogen-bond acceptors (Lipinski definition) is 5. The van der Waals surface area contributed by atoms with Gasteiger partial charge in [-0.15, -0.1) is 0 Å². The summed E-state index contributed by atoms with van der Waals surface area (Å²) in [6, 6.07) is 1.09. The van der Waals surface area contributed by atoms with E-state index < -0.39 is 22.8 Å². The molecule has 19 heavy (non-hydrogen) atoms. The first-order valence-corrected chi connectivity index (χ1v) is 5.90. The summed E-state index contributed by atoms with van der Waals surface area (Å²) >= 11 is 0.917. The number of carbonyl (C=O) groups excluding carboxylic acids is 1. The van der Waals surface area contributed by atoms with Crippen LogP contribution in [0.2, 0.25) is 0 Å². The normalized spacial score (nSPS) is 11.1. The highest BCUT2D eigenvalue weighted by molar-refractivity contribution is 7.07. The van der Waals surface area contributed by atoms with Crippen molar-refractivity contribution in [2.24, 2.45) is 0 Å². The van der Waals surface area contributed by atoms with Gasteiger partial charge in [0.15, 0.2) is 17.9 Å². The molecular formula is C11H4F2N2O3S. The van der Waals surface area contributed by atoms with Crippen LogP contribution >= 0.6 is 11.3 Å². The van der Waals surface area contributed by atoms with E-state index in [4.69, 9.17) is 4.52 Å². The zero-order valence-electron chi connectivity index (χ0n) is 9.09. The van der Waals surface area contributed by atoms with Gasteiger partial charge in [-0.3, -0.25) is 14.2 Å². The van der Waals surface area contributed by atoms with Crippen LogP contribution in [0.25, 0.3) is 16.8 Å². The molecule has 0 aliphatic rings. The molecule has 0 aliphatic carbocycles. The lowest BCUT2D eigenvalue weighted by Gasteiger charge is -1.98. The molecule has 8 heteroatoms. The summed E-state index contributed by atoms with van der Waals surface area (Å²) in [4.78, 5) is 21.9. The molecule has 1 aromatic carbocycles.